The van der Waals surface area contributed by atoms with Gasteiger partial charge in [-0.3, -0.25) is 14.5 Å². The molecule has 1 aliphatic rings. The fourth-order valence-corrected chi connectivity index (χ4v) is 4.20. The van der Waals surface area contributed by atoms with E-state index in [0.717, 1.165) is 5.75 Å². The highest BCUT2D eigenvalue weighted by molar-refractivity contribution is 7.90. The number of aliphatic imine (C=N–C) groups is 1. The maximum absolute atomic E-state index is 12.5. The number of hydrogen-bond donors (Lipinski definition) is 2. The molecule has 0 bridgehead atoms. The Morgan fingerprint density at radius 3 is 2.30 bits per heavy atom. The number of benzene rings is 3. The molecule has 0 fully saturated rings. The van der Waals surface area contributed by atoms with Crippen molar-refractivity contribution in [2.45, 2.75) is 17.9 Å². The van der Waals surface area contributed by atoms with Crippen molar-refractivity contribution in [2.24, 2.45) is 4.99 Å². The van der Waals surface area contributed by atoms with E-state index < -0.39 is 16.1 Å². The molecule has 30 heavy (non-hydrogen) atoms. The number of rotatable bonds is 5. The lowest BCUT2D eigenvalue weighted by Crippen LogP contribution is -2.28. The summed E-state index contributed by atoms with van der Waals surface area (Å²) >= 11 is 0. The topological polar surface area (TPSA) is 96.9 Å². The summed E-state index contributed by atoms with van der Waals surface area (Å²) in [5.41, 5.74) is 1.04. The molecular formula is C22H19N3O4S. The number of ether oxygens (including phenoxy) is 1. The Morgan fingerprint density at radius 2 is 1.57 bits per heavy atom. The van der Waals surface area contributed by atoms with Gasteiger partial charge >= 0.3 is 0 Å². The monoisotopic (exact) mass is 421 g/mol. The second-order valence-corrected chi connectivity index (χ2v) is 8.33. The van der Waals surface area contributed by atoms with E-state index in [-0.39, 0.29) is 16.6 Å². The first-order chi connectivity index (χ1) is 14.4. The molecule has 4 rings (SSSR count). The number of nitrogens with zero attached hydrogens (tertiary/aromatic N) is 1. The van der Waals surface area contributed by atoms with Gasteiger partial charge in [0.25, 0.3) is 10.0 Å². The second kappa shape index (κ2) is 8.00. The van der Waals surface area contributed by atoms with E-state index in [1.165, 1.54) is 6.07 Å². The molecule has 0 radical (unpaired) electrons. The van der Waals surface area contributed by atoms with E-state index in [2.05, 4.69) is 15.0 Å². The molecule has 152 valence electrons. The van der Waals surface area contributed by atoms with Gasteiger partial charge in [-0.15, -0.1) is 0 Å². The molecule has 0 aromatic heterocycles. The van der Waals surface area contributed by atoms with Crippen molar-refractivity contribution < 1.29 is 17.9 Å². The van der Waals surface area contributed by atoms with E-state index in [0.29, 0.717) is 17.0 Å². The number of amides is 1. The molecule has 1 amide bonds. The summed E-state index contributed by atoms with van der Waals surface area (Å²) in [7, 11) is -3.64. The number of anilines is 1. The number of carbonyl (C=O) groups is 1. The van der Waals surface area contributed by atoms with Crippen molar-refractivity contribution in [1.29, 1.82) is 0 Å². The average Bonchev–Trinajstić information content (AvgIpc) is 3.00. The van der Waals surface area contributed by atoms with Crippen LogP contribution in [0.4, 0.5) is 5.69 Å². The SMILES string of the molecule is C[C@H](N=C1NS(=O)(=O)c2ccccc21)C(=O)Nc1ccc(Oc2ccccc2)cc1. The summed E-state index contributed by atoms with van der Waals surface area (Å²) in [6, 6.07) is 22.1. The van der Waals surface area contributed by atoms with Gasteiger partial charge in [0, 0.05) is 11.3 Å². The number of amidine groups is 1. The van der Waals surface area contributed by atoms with Crippen LogP contribution in [-0.4, -0.2) is 26.2 Å². The summed E-state index contributed by atoms with van der Waals surface area (Å²) < 4.78 is 32.5. The van der Waals surface area contributed by atoms with Crippen molar-refractivity contribution in [1.82, 2.24) is 4.72 Å². The van der Waals surface area contributed by atoms with Crippen molar-refractivity contribution >= 4 is 27.5 Å². The Labute approximate surface area is 174 Å². The minimum absolute atomic E-state index is 0.158. The Hall–Kier alpha value is -3.65. The molecule has 3 aromatic carbocycles. The highest BCUT2D eigenvalue weighted by Gasteiger charge is 2.31. The van der Waals surface area contributed by atoms with Crippen molar-refractivity contribution in [3.8, 4) is 11.5 Å². The number of hydrogen-bond acceptors (Lipinski definition) is 5. The Balaban J connectivity index is 1.44. The van der Waals surface area contributed by atoms with Crippen LogP contribution < -0.4 is 14.8 Å². The Bertz CT molecular complexity index is 1210. The maximum atomic E-state index is 12.5. The van der Waals surface area contributed by atoms with E-state index in [1.807, 2.05) is 30.3 Å². The first-order valence-corrected chi connectivity index (χ1v) is 10.7. The molecule has 2 N–H and O–H groups in total. The lowest BCUT2D eigenvalue weighted by molar-refractivity contribution is -0.117. The van der Waals surface area contributed by atoms with E-state index in [4.69, 9.17) is 4.74 Å². The highest BCUT2D eigenvalue weighted by atomic mass is 32.2. The number of sulfonamides is 1. The molecule has 0 unspecified atom stereocenters. The highest BCUT2D eigenvalue weighted by Crippen LogP contribution is 2.24. The van der Waals surface area contributed by atoms with Gasteiger partial charge in [0.15, 0.2) is 0 Å². The van der Waals surface area contributed by atoms with Crippen LogP contribution in [0.1, 0.15) is 12.5 Å². The van der Waals surface area contributed by atoms with Gasteiger partial charge in [-0.05, 0) is 55.5 Å². The van der Waals surface area contributed by atoms with Crippen LogP contribution >= 0.6 is 0 Å². The van der Waals surface area contributed by atoms with Crippen LogP contribution in [0.3, 0.4) is 0 Å². The lowest BCUT2D eigenvalue weighted by atomic mass is 10.2. The lowest BCUT2D eigenvalue weighted by Gasteiger charge is -2.11. The van der Waals surface area contributed by atoms with Gasteiger partial charge in [0.1, 0.15) is 23.4 Å². The molecule has 0 aliphatic carbocycles. The third-order valence-electron chi connectivity index (χ3n) is 4.47. The van der Waals surface area contributed by atoms with Crippen LogP contribution in [0.15, 0.2) is 88.8 Å². The number of carbonyl (C=O) groups excluding carboxylic acids is 1. The maximum Gasteiger partial charge on any atom is 0.263 e. The zero-order valence-corrected chi connectivity index (χ0v) is 16.9. The number of fused-ring (bicyclic) bond motifs is 1. The zero-order valence-electron chi connectivity index (χ0n) is 16.1. The summed E-state index contributed by atoms with van der Waals surface area (Å²) in [6.07, 6.45) is 0. The smallest absolute Gasteiger partial charge is 0.263 e. The second-order valence-electron chi connectivity index (χ2n) is 6.68. The third kappa shape index (κ3) is 4.18. The predicted octanol–water partition coefficient (Wildman–Crippen LogP) is 3.54. The Kier molecular flexibility index (Phi) is 5.24. The summed E-state index contributed by atoms with van der Waals surface area (Å²) in [4.78, 5) is 17.0. The van der Waals surface area contributed by atoms with Gasteiger partial charge < -0.3 is 10.1 Å². The van der Waals surface area contributed by atoms with Crippen molar-refractivity contribution in [3.05, 3.63) is 84.4 Å². The predicted molar refractivity (Wildman–Crippen MR) is 114 cm³/mol. The molecule has 0 saturated heterocycles. The van der Waals surface area contributed by atoms with Gasteiger partial charge in [-0.1, -0.05) is 30.3 Å². The standard InChI is InChI=1S/C22H19N3O4S/c1-15(23-21-19-9-5-6-10-20(19)30(27,28)25-21)22(26)24-16-11-13-18(14-12-16)29-17-7-3-2-4-8-17/h2-15H,1H3,(H,23,25)(H,24,26)/t15-/m0/s1. The largest absolute Gasteiger partial charge is 0.457 e. The van der Waals surface area contributed by atoms with Gasteiger partial charge in [-0.25, -0.2) is 8.42 Å². The summed E-state index contributed by atoms with van der Waals surface area (Å²) in [5, 5.41) is 2.77. The van der Waals surface area contributed by atoms with E-state index in [9.17, 15) is 13.2 Å². The molecule has 3 aromatic rings. The molecule has 0 saturated carbocycles. The van der Waals surface area contributed by atoms with Gasteiger partial charge in [-0.2, -0.15) is 0 Å². The molecule has 8 heteroatoms. The third-order valence-corrected chi connectivity index (χ3v) is 5.86. The van der Waals surface area contributed by atoms with Gasteiger partial charge in [0.2, 0.25) is 5.91 Å². The first-order valence-electron chi connectivity index (χ1n) is 9.26. The fraction of sp³-hybridized carbons (Fsp3) is 0.0909. The van der Waals surface area contributed by atoms with Gasteiger partial charge in [0.05, 0.1) is 4.90 Å². The quantitative estimate of drug-likeness (QED) is 0.658. The van der Waals surface area contributed by atoms with Crippen molar-refractivity contribution in [2.75, 3.05) is 5.32 Å². The van der Waals surface area contributed by atoms with Crippen LogP contribution in [0.5, 0.6) is 11.5 Å². The van der Waals surface area contributed by atoms with Crippen LogP contribution in [0, 0.1) is 0 Å². The molecule has 1 heterocycles. The minimum atomic E-state index is -3.64. The van der Waals surface area contributed by atoms with Crippen LogP contribution in [0.25, 0.3) is 0 Å². The molecule has 0 spiro atoms. The minimum Gasteiger partial charge on any atom is -0.457 e. The zero-order chi connectivity index (χ0) is 21.1. The molecule has 1 atom stereocenters. The van der Waals surface area contributed by atoms with E-state index in [1.54, 1.807) is 49.4 Å². The summed E-state index contributed by atoms with van der Waals surface area (Å²) in [5.74, 6) is 1.17. The first kappa shape index (κ1) is 19.7. The van der Waals surface area contributed by atoms with Crippen molar-refractivity contribution in [3.63, 3.8) is 0 Å². The Morgan fingerprint density at radius 1 is 0.933 bits per heavy atom. The van der Waals surface area contributed by atoms with Crippen LogP contribution in [0.2, 0.25) is 0 Å². The number of para-hydroxylation sites is 1. The normalized spacial score (nSPS) is 16.4. The van der Waals surface area contributed by atoms with Crippen LogP contribution in [-0.2, 0) is 14.8 Å². The number of nitrogens with one attached hydrogen (secondary N) is 2. The average molecular weight is 421 g/mol. The fourth-order valence-electron chi connectivity index (χ4n) is 2.96. The summed E-state index contributed by atoms with van der Waals surface area (Å²) in [6.45, 7) is 1.60. The molecular weight excluding hydrogens is 402 g/mol. The van der Waals surface area contributed by atoms with E-state index >= 15 is 0 Å². The molecule has 1 aliphatic heterocycles. The molecule has 7 nitrogen and oxygen atoms in total.